The molecule has 1 heterocycles. The van der Waals surface area contributed by atoms with Gasteiger partial charge in [-0.05, 0) is 24.6 Å². The fourth-order valence-electron chi connectivity index (χ4n) is 1.48. The van der Waals surface area contributed by atoms with Crippen LogP contribution in [0.2, 0.25) is 0 Å². The zero-order valence-corrected chi connectivity index (χ0v) is 9.75. The number of aliphatic hydroxyl groups is 1. The van der Waals surface area contributed by atoms with Crippen molar-refractivity contribution in [3.05, 3.63) is 28.8 Å². The van der Waals surface area contributed by atoms with Crippen molar-refractivity contribution in [2.45, 2.75) is 13.0 Å². The van der Waals surface area contributed by atoms with Gasteiger partial charge in [0, 0.05) is 0 Å². The maximum absolute atomic E-state index is 11.2. The fraction of sp³-hybridized carbons (Fsp3) is 0.273. The number of carbonyl (C=O) groups is 1. The lowest BCUT2D eigenvalue weighted by atomic mass is 10.1. The van der Waals surface area contributed by atoms with E-state index in [0.29, 0.717) is 5.56 Å². The quantitative estimate of drug-likeness (QED) is 0.809. The molecule has 0 aliphatic carbocycles. The van der Waals surface area contributed by atoms with E-state index < -0.39 is 12.1 Å². The third-order valence-electron chi connectivity index (χ3n) is 2.26. The Morgan fingerprint density at radius 1 is 1.56 bits per heavy atom. The Kier molecular flexibility index (Phi) is 2.89. The van der Waals surface area contributed by atoms with Crippen molar-refractivity contribution in [2.24, 2.45) is 0 Å². The van der Waals surface area contributed by atoms with Crippen LogP contribution in [0, 0.1) is 6.92 Å². The van der Waals surface area contributed by atoms with Crippen molar-refractivity contribution >= 4 is 27.5 Å². The van der Waals surface area contributed by atoms with Crippen LogP contribution >= 0.6 is 11.3 Å². The van der Waals surface area contributed by atoms with Gasteiger partial charge in [-0.2, -0.15) is 0 Å². The lowest BCUT2D eigenvalue weighted by Crippen LogP contribution is -2.13. The first-order valence-electron chi connectivity index (χ1n) is 4.75. The van der Waals surface area contributed by atoms with Crippen molar-refractivity contribution in [3.8, 4) is 0 Å². The van der Waals surface area contributed by atoms with Gasteiger partial charge in [0.25, 0.3) is 0 Å². The Hall–Kier alpha value is -1.46. The molecule has 0 saturated heterocycles. The molecule has 5 heteroatoms. The molecule has 0 radical (unpaired) electrons. The first kappa shape index (κ1) is 11.0. The Morgan fingerprint density at radius 2 is 2.31 bits per heavy atom. The molecule has 84 valence electrons. The van der Waals surface area contributed by atoms with Crippen LogP contribution < -0.4 is 0 Å². The molecular weight excluding hydrogens is 226 g/mol. The second-order valence-corrected chi connectivity index (χ2v) is 4.62. The van der Waals surface area contributed by atoms with E-state index in [9.17, 15) is 9.90 Å². The van der Waals surface area contributed by atoms with E-state index in [1.807, 2.05) is 13.0 Å². The number of hydrogen-bond acceptors (Lipinski definition) is 5. The number of fused-ring (bicyclic) bond motifs is 1. The van der Waals surface area contributed by atoms with Gasteiger partial charge in [0.2, 0.25) is 0 Å². The Morgan fingerprint density at radius 3 is 3.00 bits per heavy atom. The standard InChI is InChI=1S/C11H11NO3S/c1-6-12-8-5-7(3-4-9(8)16-6)10(13)11(14)15-2/h3-5,10,13H,1-2H3. The predicted octanol–water partition coefficient (Wildman–Crippen LogP) is 1.81. The molecule has 1 N–H and O–H groups in total. The van der Waals surface area contributed by atoms with Crippen LogP contribution in [0.4, 0.5) is 0 Å². The highest BCUT2D eigenvalue weighted by molar-refractivity contribution is 7.18. The van der Waals surface area contributed by atoms with Gasteiger partial charge < -0.3 is 9.84 Å². The molecule has 0 saturated carbocycles. The third-order valence-corrected chi connectivity index (χ3v) is 3.21. The van der Waals surface area contributed by atoms with Crippen molar-refractivity contribution in [1.29, 1.82) is 0 Å². The van der Waals surface area contributed by atoms with E-state index in [-0.39, 0.29) is 0 Å². The number of aliphatic hydroxyl groups excluding tert-OH is 1. The summed E-state index contributed by atoms with van der Waals surface area (Å²) in [5.74, 6) is -0.661. The molecule has 1 aromatic carbocycles. The third kappa shape index (κ3) is 1.91. The zero-order chi connectivity index (χ0) is 11.7. The van der Waals surface area contributed by atoms with Crippen molar-refractivity contribution in [3.63, 3.8) is 0 Å². The average Bonchev–Trinajstić information content (AvgIpc) is 2.65. The van der Waals surface area contributed by atoms with Gasteiger partial charge in [0.1, 0.15) is 0 Å². The number of ether oxygens (including phenoxy) is 1. The summed E-state index contributed by atoms with van der Waals surface area (Å²) in [5, 5.41) is 10.6. The lowest BCUT2D eigenvalue weighted by Gasteiger charge is -2.07. The number of rotatable bonds is 2. The highest BCUT2D eigenvalue weighted by Crippen LogP contribution is 2.25. The van der Waals surface area contributed by atoms with Crippen molar-refractivity contribution in [2.75, 3.05) is 7.11 Å². The Labute approximate surface area is 96.5 Å². The summed E-state index contributed by atoms with van der Waals surface area (Å²) in [4.78, 5) is 15.5. The van der Waals surface area contributed by atoms with Crippen LogP contribution in [0.15, 0.2) is 18.2 Å². The van der Waals surface area contributed by atoms with Gasteiger partial charge in [-0.3, -0.25) is 0 Å². The van der Waals surface area contributed by atoms with E-state index in [0.717, 1.165) is 15.2 Å². The summed E-state index contributed by atoms with van der Waals surface area (Å²) in [6.45, 7) is 1.92. The molecule has 4 nitrogen and oxygen atoms in total. The summed E-state index contributed by atoms with van der Waals surface area (Å²) in [6.07, 6.45) is -1.24. The molecular formula is C11H11NO3S. The molecule has 0 aliphatic heterocycles. The number of thiazole rings is 1. The minimum Gasteiger partial charge on any atom is -0.467 e. The number of benzene rings is 1. The first-order chi connectivity index (χ1) is 7.61. The number of hydrogen-bond donors (Lipinski definition) is 1. The summed E-state index contributed by atoms with van der Waals surface area (Å²) < 4.78 is 5.52. The summed E-state index contributed by atoms with van der Waals surface area (Å²) >= 11 is 1.58. The number of aryl methyl sites for hydroxylation is 1. The number of methoxy groups -OCH3 is 1. The van der Waals surface area contributed by atoms with E-state index in [1.54, 1.807) is 23.5 Å². The SMILES string of the molecule is COC(=O)C(O)c1ccc2sc(C)nc2c1. The smallest absolute Gasteiger partial charge is 0.339 e. The fourth-order valence-corrected chi connectivity index (χ4v) is 2.28. The first-order valence-corrected chi connectivity index (χ1v) is 5.56. The molecule has 0 amide bonds. The van der Waals surface area contributed by atoms with Crippen LogP contribution in [0.1, 0.15) is 16.7 Å². The summed E-state index contributed by atoms with van der Waals surface area (Å²) in [7, 11) is 1.25. The molecule has 2 aromatic rings. The average molecular weight is 237 g/mol. The molecule has 0 fully saturated rings. The molecule has 0 bridgehead atoms. The molecule has 16 heavy (non-hydrogen) atoms. The van der Waals surface area contributed by atoms with Gasteiger partial charge in [0.05, 0.1) is 22.3 Å². The van der Waals surface area contributed by atoms with E-state index in [2.05, 4.69) is 9.72 Å². The zero-order valence-electron chi connectivity index (χ0n) is 8.93. The maximum atomic E-state index is 11.2. The second-order valence-electron chi connectivity index (χ2n) is 3.39. The molecule has 0 aliphatic rings. The van der Waals surface area contributed by atoms with Gasteiger partial charge in [-0.25, -0.2) is 9.78 Å². The number of nitrogens with zero attached hydrogens (tertiary/aromatic N) is 1. The number of carbonyl (C=O) groups excluding carboxylic acids is 1. The lowest BCUT2D eigenvalue weighted by molar-refractivity contribution is -0.150. The molecule has 0 spiro atoms. The van der Waals surface area contributed by atoms with Crippen LogP contribution in [-0.2, 0) is 9.53 Å². The van der Waals surface area contributed by atoms with Gasteiger partial charge in [0.15, 0.2) is 6.10 Å². The normalized spacial score (nSPS) is 12.7. The topological polar surface area (TPSA) is 59.4 Å². The van der Waals surface area contributed by atoms with E-state index >= 15 is 0 Å². The summed E-state index contributed by atoms with van der Waals surface area (Å²) in [5.41, 5.74) is 1.30. The highest BCUT2D eigenvalue weighted by Gasteiger charge is 2.18. The number of esters is 1. The highest BCUT2D eigenvalue weighted by atomic mass is 32.1. The maximum Gasteiger partial charge on any atom is 0.339 e. The Balaban J connectivity index is 2.42. The Bertz CT molecular complexity index is 535. The molecule has 1 atom stereocenters. The van der Waals surface area contributed by atoms with Crippen LogP contribution in [0.3, 0.4) is 0 Å². The second kappa shape index (κ2) is 4.19. The van der Waals surface area contributed by atoms with E-state index in [1.165, 1.54) is 7.11 Å². The van der Waals surface area contributed by atoms with Crippen LogP contribution in [0.5, 0.6) is 0 Å². The van der Waals surface area contributed by atoms with Crippen LogP contribution in [0.25, 0.3) is 10.2 Å². The molecule has 1 unspecified atom stereocenters. The van der Waals surface area contributed by atoms with Gasteiger partial charge in [-0.1, -0.05) is 6.07 Å². The minimum absolute atomic E-state index is 0.504. The monoisotopic (exact) mass is 237 g/mol. The van der Waals surface area contributed by atoms with Crippen molar-refractivity contribution < 1.29 is 14.6 Å². The summed E-state index contributed by atoms with van der Waals surface area (Å²) in [6, 6.07) is 5.27. The van der Waals surface area contributed by atoms with E-state index in [4.69, 9.17) is 0 Å². The van der Waals surface area contributed by atoms with Crippen molar-refractivity contribution in [1.82, 2.24) is 4.98 Å². The molecule has 1 aromatic heterocycles. The predicted molar refractivity (Wildman–Crippen MR) is 61.3 cm³/mol. The largest absolute Gasteiger partial charge is 0.467 e. The van der Waals surface area contributed by atoms with Gasteiger partial charge >= 0.3 is 5.97 Å². The van der Waals surface area contributed by atoms with Crippen LogP contribution in [-0.4, -0.2) is 23.2 Å². The molecule has 2 rings (SSSR count). The number of aromatic nitrogens is 1. The van der Waals surface area contributed by atoms with Gasteiger partial charge in [-0.15, -0.1) is 11.3 Å². The minimum atomic E-state index is -1.24.